The van der Waals surface area contributed by atoms with Crippen LogP contribution in [0, 0.1) is 17.2 Å². The fourth-order valence-electron chi connectivity index (χ4n) is 4.16. The number of nitrogens with two attached hydrogens (primary N) is 1. The molecule has 3 aliphatic rings. The number of nitrogens with one attached hydrogen (secondary N) is 1. The molecular weight excluding hydrogens is 397 g/mol. The summed E-state index contributed by atoms with van der Waals surface area (Å²) >= 11 is 0. The summed E-state index contributed by atoms with van der Waals surface area (Å²) in [6.07, 6.45) is 6.15. The highest BCUT2D eigenvalue weighted by atomic mass is 16.5. The minimum absolute atomic E-state index is 0.246. The normalized spacial score (nSPS) is 22.4. The van der Waals surface area contributed by atoms with Crippen LogP contribution in [0.25, 0.3) is 6.08 Å². The third-order valence-electron chi connectivity index (χ3n) is 5.93. The van der Waals surface area contributed by atoms with Gasteiger partial charge in [-0.15, -0.1) is 0 Å². The van der Waals surface area contributed by atoms with Crippen LogP contribution in [0.3, 0.4) is 0 Å². The molecule has 1 aromatic carbocycles. The highest BCUT2D eigenvalue weighted by Crippen LogP contribution is 2.48. The van der Waals surface area contributed by atoms with Crippen molar-refractivity contribution in [2.24, 2.45) is 11.7 Å². The molecule has 31 heavy (non-hydrogen) atoms. The quantitative estimate of drug-likeness (QED) is 0.632. The molecule has 1 aliphatic carbocycles. The van der Waals surface area contributed by atoms with E-state index < -0.39 is 13.0 Å². The smallest absolute Gasteiger partial charge is 0.532 e. The van der Waals surface area contributed by atoms with Crippen molar-refractivity contribution in [3.63, 3.8) is 0 Å². The topological polar surface area (TPSA) is 135 Å². The molecule has 1 aromatic heterocycles. The monoisotopic (exact) mass is 419 g/mol. The van der Waals surface area contributed by atoms with Gasteiger partial charge in [-0.3, -0.25) is 9.48 Å². The van der Waals surface area contributed by atoms with E-state index in [1.54, 1.807) is 16.9 Å². The number of carbonyl (C=O) groups is 1. The molecule has 1 saturated carbocycles. The second-order valence-corrected chi connectivity index (χ2v) is 8.15. The molecule has 0 radical (unpaired) electrons. The van der Waals surface area contributed by atoms with Crippen molar-refractivity contribution in [1.82, 2.24) is 9.78 Å². The number of anilines is 2. The van der Waals surface area contributed by atoms with Crippen molar-refractivity contribution in [1.29, 1.82) is 5.26 Å². The van der Waals surface area contributed by atoms with E-state index in [9.17, 15) is 15.1 Å². The number of carbonyl (C=O) groups excluding carboxylic acids is 1. The lowest BCUT2D eigenvalue weighted by Gasteiger charge is -2.27. The van der Waals surface area contributed by atoms with Crippen LogP contribution in [-0.4, -0.2) is 41.0 Å². The van der Waals surface area contributed by atoms with Gasteiger partial charge in [0.2, 0.25) is 0 Å². The van der Waals surface area contributed by atoms with Gasteiger partial charge in [-0.2, -0.15) is 10.4 Å². The largest absolute Gasteiger partial charge is 0.552 e. The summed E-state index contributed by atoms with van der Waals surface area (Å²) in [5, 5.41) is 27.1. The highest BCUT2D eigenvalue weighted by molar-refractivity contribution is 6.51. The van der Waals surface area contributed by atoms with Gasteiger partial charge in [0.05, 0.1) is 24.6 Å². The summed E-state index contributed by atoms with van der Waals surface area (Å²) in [7, 11) is -0.952. The Hall–Kier alpha value is -3.29. The maximum absolute atomic E-state index is 12.1. The number of rotatable bonds is 5. The van der Waals surface area contributed by atoms with Gasteiger partial charge in [0, 0.05) is 24.1 Å². The summed E-state index contributed by atoms with van der Waals surface area (Å²) in [6.45, 7) is 0.889. The van der Waals surface area contributed by atoms with Crippen LogP contribution < -0.4 is 15.7 Å². The molecule has 5 rings (SSSR count). The third kappa shape index (κ3) is 3.78. The molecule has 2 aliphatic heterocycles. The molecule has 2 fully saturated rings. The first kappa shape index (κ1) is 19.7. The minimum atomic E-state index is -0.952. The minimum Gasteiger partial charge on any atom is -0.532 e. The van der Waals surface area contributed by atoms with E-state index >= 15 is 0 Å². The summed E-state index contributed by atoms with van der Waals surface area (Å²) in [5.41, 5.74) is 8.47. The Morgan fingerprint density at radius 1 is 1.39 bits per heavy atom. The molecule has 2 aromatic rings. The molecule has 1 amide bonds. The Balaban J connectivity index is 1.50. The van der Waals surface area contributed by atoms with Crippen LogP contribution in [-0.2, 0) is 4.74 Å². The van der Waals surface area contributed by atoms with Crippen molar-refractivity contribution < 1.29 is 19.2 Å². The standard InChI is InChI=1S/C21H22BN5O4/c23-9-14-4-6-30-11-18(14)27-10-17(20(24)28)21(26-27)25-15-7-13-3-5-22(29)31-19(13)16(8-15)12-1-2-12/h3,5,7-8,10,12,14,18,29H,1-2,4,6,11H2,(H2,24,28)(H,25,26)/t14?,18-/m0/s1. The number of aromatic nitrogens is 2. The molecule has 9 nitrogen and oxygen atoms in total. The Labute approximate surface area is 179 Å². The number of ether oxygens (including phenoxy) is 1. The van der Waals surface area contributed by atoms with E-state index in [4.69, 9.17) is 15.1 Å². The SMILES string of the molecule is N#CC1CCOC[C@@H]1n1cc(C(N)=O)c(Nc2cc3c(c(C4CC4)c2)OB(O)C=C3)n1. The van der Waals surface area contributed by atoms with E-state index in [0.29, 0.717) is 37.1 Å². The molecule has 0 spiro atoms. The number of amides is 1. The Kier molecular flexibility index (Phi) is 4.92. The zero-order valence-electron chi connectivity index (χ0n) is 16.8. The average molecular weight is 419 g/mol. The van der Waals surface area contributed by atoms with Crippen LogP contribution in [0.5, 0.6) is 5.75 Å². The van der Waals surface area contributed by atoms with Crippen LogP contribution in [0.2, 0.25) is 0 Å². The van der Waals surface area contributed by atoms with E-state index in [2.05, 4.69) is 16.5 Å². The fourth-order valence-corrected chi connectivity index (χ4v) is 4.16. The molecule has 10 heteroatoms. The number of hydrogen-bond donors (Lipinski definition) is 3. The zero-order chi connectivity index (χ0) is 21.5. The third-order valence-corrected chi connectivity index (χ3v) is 5.93. The number of nitrogens with zero attached hydrogens (tertiary/aromatic N) is 3. The van der Waals surface area contributed by atoms with Gasteiger partial charge in [0.15, 0.2) is 5.82 Å². The van der Waals surface area contributed by atoms with E-state index in [-0.39, 0.29) is 17.5 Å². The molecule has 3 heterocycles. The van der Waals surface area contributed by atoms with Crippen molar-refractivity contribution in [3.05, 3.63) is 41.0 Å². The van der Waals surface area contributed by atoms with Gasteiger partial charge in [-0.25, -0.2) is 0 Å². The molecule has 1 saturated heterocycles. The number of primary amides is 1. The Morgan fingerprint density at radius 2 is 2.23 bits per heavy atom. The summed E-state index contributed by atoms with van der Waals surface area (Å²) in [6, 6.07) is 5.87. The Morgan fingerprint density at radius 3 is 2.97 bits per heavy atom. The van der Waals surface area contributed by atoms with Crippen molar-refractivity contribution in [2.45, 2.75) is 31.2 Å². The van der Waals surface area contributed by atoms with Gasteiger partial charge in [0.1, 0.15) is 11.3 Å². The lowest BCUT2D eigenvalue weighted by Crippen LogP contribution is -2.29. The van der Waals surface area contributed by atoms with Gasteiger partial charge in [0.25, 0.3) is 5.91 Å². The predicted octanol–water partition coefficient (Wildman–Crippen LogP) is 2.13. The molecule has 158 valence electrons. The lowest BCUT2D eigenvalue weighted by atomic mass is 9.85. The molecular formula is C21H22BN5O4. The van der Waals surface area contributed by atoms with Crippen LogP contribution >= 0.6 is 0 Å². The van der Waals surface area contributed by atoms with Gasteiger partial charge in [-0.05, 0) is 48.9 Å². The van der Waals surface area contributed by atoms with Crippen molar-refractivity contribution in [2.75, 3.05) is 18.5 Å². The van der Waals surface area contributed by atoms with Gasteiger partial charge < -0.3 is 25.5 Å². The van der Waals surface area contributed by atoms with Gasteiger partial charge in [-0.1, -0.05) is 6.08 Å². The summed E-state index contributed by atoms with van der Waals surface area (Å²) in [4.78, 5) is 12.1. The summed E-state index contributed by atoms with van der Waals surface area (Å²) in [5.74, 6) is 2.14. The van der Waals surface area contributed by atoms with Crippen LogP contribution in [0.1, 0.15) is 52.7 Å². The van der Waals surface area contributed by atoms with Crippen molar-refractivity contribution in [3.8, 4) is 11.8 Å². The number of benzene rings is 1. The predicted molar refractivity (Wildman–Crippen MR) is 114 cm³/mol. The second-order valence-electron chi connectivity index (χ2n) is 8.15. The van der Waals surface area contributed by atoms with E-state index in [1.165, 1.54) is 0 Å². The average Bonchev–Trinajstić information content (AvgIpc) is 3.53. The van der Waals surface area contributed by atoms with E-state index in [0.717, 1.165) is 29.7 Å². The first-order chi connectivity index (χ1) is 15.0. The first-order valence-electron chi connectivity index (χ1n) is 10.4. The van der Waals surface area contributed by atoms with Crippen LogP contribution in [0.4, 0.5) is 11.5 Å². The van der Waals surface area contributed by atoms with Crippen molar-refractivity contribution >= 4 is 30.6 Å². The number of fused-ring (bicyclic) bond motifs is 1. The maximum atomic E-state index is 12.1. The number of hydrogen-bond acceptors (Lipinski definition) is 7. The van der Waals surface area contributed by atoms with Crippen LogP contribution in [0.15, 0.2) is 24.3 Å². The molecule has 0 bridgehead atoms. The van der Waals surface area contributed by atoms with E-state index in [1.807, 2.05) is 18.2 Å². The second kappa shape index (κ2) is 7.76. The molecule has 1 unspecified atom stereocenters. The fraction of sp³-hybridized carbons (Fsp3) is 0.381. The maximum Gasteiger partial charge on any atom is 0.552 e. The zero-order valence-corrected chi connectivity index (χ0v) is 16.8. The highest BCUT2D eigenvalue weighted by Gasteiger charge is 2.32. The molecule has 4 N–H and O–H groups in total. The Bertz CT molecular complexity index is 1100. The molecule has 2 atom stereocenters. The lowest BCUT2D eigenvalue weighted by molar-refractivity contribution is 0.0342. The number of nitriles is 1. The first-order valence-corrected chi connectivity index (χ1v) is 10.4. The summed E-state index contributed by atoms with van der Waals surface area (Å²) < 4.78 is 12.8. The van der Waals surface area contributed by atoms with Gasteiger partial charge >= 0.3 is 7.12 Å².